The van der Waals surface area contributed by atoms with Gasteiger partial charge < -0.3 is 15.0 Å². The summed E-state index contributed by atoms with van der Waals surface area (Å²) in [5.74, 6) is 2.33. The molecule has 2 aliphatic rings. The van der Waals surface area contributed by atoms with E-state index in [1.54, 1.807) is 7.11 Å². The first kappa shape index (κ1) is 23.0. The summed E-state index contributed by atoms with van der Waals surface area (Å²) >= 11 is 0. The van der Waals surface area contributed by atoms with E-state index in [1.165, 1.54) is 23.8 Å². The lowest BCUT2D eigenvalue weighted by Crippen LogP contribution is -2.62. The van der Waals surface area contributed by atoms with Crippen LogP contribution in [0.25, 0.3) is 22.2 Å². The largest absolute Gasteiger partial charge is 0.496 e. The van der Waals surface area contributed by atoms with Crippen molar-refractivity contribution in [2.45, 2.75) is 83.3 Å². The van der Waals surface area contributed by atoms with Crippen LogP contribution in [0.15, 0.2) is 30.3 Å². The van der Waals surface area contributed by atoms with Crippen molar-refractivity contribution >= 4 is 16.7 Å². The zero-order valence-corrected chi connectivity index (χ0v) is 21.6. The van der Waals surface area contributed by atoms with Gasteiger partial charge in [0.1, 0.15) is 5.75 Å². The van der Waals surface area contributed by atoms with Gasteiger partial charge in [0.15, 0.2) is 5.82 Å². The normalized spacial score (nSPS) is 19.9. The molecule has 6 nitrogen and oxygen atoms in total. The fraction of sp³-hybridized carbons (Fsp3) is 0.536. The number of ether oxygens (including phenoxy) is 1. The molecule has 5 rings (SSSR count). The maximum Gasteiger partial charge on any atom is 0.151 e. The minimum Gasteiger partial charge on any atom is -0.496 e. The minimum atomic E-state index is 0.0815. The summed E-state index contributed by atoms with van der Waals surface area (Å²) in [7, 11) is 3.84. The number of hydrogen-bond acceptors (Lipinski definition) is 6. The summed E-state index contributed by atoms with van der Waals surface area (Å²) in [6.45, 7) is 11.2. The fourth-order valence-electron chi connectivity index (χ4n) is 5.91. The van der Waals surface area contributed by atoms with Crippen LogP contribution in [0.3, 0.4) is 0 Å². The Hall–Kier alpha value is -2.73. The third kappa shape index (κ3) is 4.48. The molecular formula is C28H37N5O. The highest BCUT2D eigenvalue weighted by Crippen LogP contribution is 2.45. The number of aromatic nitrogens is 3. The van der Waals surface area contributed by atoms with Crippen LogP contribution in [0.5, 0.6) is 5.75 Å². The van der Waals surface area contributed by atoms with Crippen LogP contribution >= 0.6 is 0 Å². The van der Waals surface area contributed by atoms with Gasteiger partial charge in [0.25, 0.3) is 0 Å². The predicted octanol–water partition coefficient (Wildman–Crippen LogP) is 5.63. The molecule has 1 saturated carbocycles. The van der Waals surface area contributed by atoms with Crippen molar-refractivity contribution in [2.75, 3.05) is 19.1 Å². The van der Waals surface area contributed by atoms with Gasteiger partial charge in [-0.05, 0) is 96.0 Å². The van der Waals surface area contributed by atoms with E-state index in [2.05, 4.69) is 86.3 Å². The SMILES string of the molecule is COc1cc2nc(C)cc(C3CC3)c2cc1-c1ccc(N(C)C2CC(C)(C)NC(C)(C)C2)nn1. The molecule has 0 amide bonds. The fourth-order valence-corrected chi connectivity index (χ4v) is 5.91. The average molecular weight is 460 g/mol. The molecule has 3 heterocycles. The number of anilines is 1. The summed E-state index contributed by atoms with van der Waals surface area (Å²) in [6.07, 6.45) is 4.63. The molecule has 180 valence electrons. The van der Waals surface area contributed by atoms with Crippen molar-refractivity contribution in [1.29, 1.82) is 0 Å². The molecule has 6 heteroatoms. The van der Waals surface area contributed by atoms with Crippen LogP contribution < -0.4 is 15.0 Å². The Labute approximate surface area is 203 Å². The summed E-state index contributed by atoms with van der Waals surface area (Å²) in [5, 5.41) is 14.3. The van der Waals surface area contributed by atoms with E-state index in [9.17, 15) is 0 Å². The molecule has 3 aromatic rings. The Balaban J connectivity index is 1.48. The van der Waals surface area contributed by atoms with E-state index in [0.717, 1.165) is 46.9 Å². The third-order valence-electron chi connectivity index (χ3n) is 7.31. The summed E-state index contributed by atoms with van der Waals surface area (Å²) in [4.78, 5) is 7.06. The quantitative estimate of drug-likeness (QED) is 0.533. The second-order valence-electron chi connectivity index (χ2n) is 11.5. The summed E-state index contributed by atoms with van der Waals surface area (Å²) in [6, 6.07) is 11.0. The molecule has 1 aliphatic carbocycles. The first-order chi connectivity index (χ1) is 16.0. The summed E-state index contributed by atoms with van der Waals surface area (Å²) in [5.41, 5.74) is 5.39. The van der Waals surface area contributed by atoms with Gasteiger partial charge in [0.2, 0.25) is 0 Å². The average Bonchev–Trinajstić information content (AvgIpc) is 3.60. The molecule has 0 spiro atoms. The molecule has 34 heavy (non-hydrogen) atoms. The van der Waals surface area contributed by atoms with Gasteiger partial charge in [-0.15, -0.1) is 10.2 Å². The van der Waals surface area contributed by atoms with Gasteiger partial charge in [0.05, 0.1) is 18.3 Å². The van der Waals surface area contributed by atoms with E-state index in [4.69, 9.17) is 9.72 Å². The third-order valence-corrected chi connectivity index (χ3v) is 7.31. The smallest absolute Gasteiger partial charge is 0.151 e. The Bertz CT molecular complexity index is 1200. The van der Waals surface area contributed by atoms with Gasteiger partial charge >= 0.3 is 0 Å². The van der Waals surface area contributed by atoms with Crippen molar-refractivity contribution in [1.82, 2.24) is 20.5 Å². The second kappa shape index (κ2) is 8.19. The first-order valence-corrected chi connectivity index (χ1v) is 12.4. The highest BCUT2D eigenvalue weighted by Gasteiger charge is 2.39. The van der Waals surface area contributed by atoms with E-state index in [-0.39, 0.29) is 11.1 Å². The summed E-state index contributed by atoms with van der Waals surface area (Å²) < 4.78 is 5.76. The molecular weight excluding hydrogens is 422 g/mol. The van der Waals surface area contributed by atoms with Crippen molar-refractivity contribution in [3.8, 4) is 17.0 Å². The number of methoxy groups -OCH3 is 1. The Morgan fingerprint density at radius 2 is 1.71 bits per heavy atom. The zero-order valence-electron chi connectivity index (χ0n) is 21.6. The van der Waals surface area contributed by atoms with E-state index in [0.29, 0.717) is 12.0 Å². The van der Waals surface area contributed by atoms with E-state index in [1.807, 2.05) is 6.07 Å². The van der Waals surface area contributed by atoms with Crippen LogP contribution in [0.2, 0.25) is 0 Å². The topological polar surface area (TPSA) is 63.2 Å². The standard InChI is InChI=1S/C28H37N5O/c1-17-12-20(18-8-9-18)21-13-22(25(34-7)14-24(21)29-17)23-10-11-26(31-30-23)33(6)19-15-27(2,3)32-28(4,5)16-19/h10-14,18-19,32H,8-9,15-16H2,1-7H3. The van der Waals surface area contributed by atoms with Gasteiger partial charge in [-0.25, -0.2) is 0 Å². The molecule has 1 N–H and O–H groups in total. The Kier molecular flexibility index (Phi) is 5.55. The predicted molar refractivity (Wildman–Crippen MR) is 139 cm³/mol. The maximum absolute atomic E-state index is 5.76. The van der Waals surface area contributed by atoms with Crippen LogP contribution in [0.1, 0.15) is 70.6 Å². The van der Waals surface area contributed by atoms with Crippen molar-refractivity contribution in [2.24, 2.45) is 0 Å². The highest BCUT2D eigenvalue weighted by atomic mass is 16.5. The molecule has 1 saturated heterocycles. The highest BCUT2D eigenvalue weighted by molar-refractivity contribution is 5.90. The maximum atomic E-state index is 5.76. The number of rotatable bonds is 5. The van der Waals surface area contributed by atoms with Gasteiger partial charge in [0, 0.05) is 46.9 Å². The molecule has 1 aliphatic heterocycles. The monoisotopic (exact) mass is 459 g/mol. The minimum absolute atomic E-state index is 0.0815. The van der Waals surface area contributed by atoms with Gasteiger partial charge in [-0.2, -0.15) is 0 Å². The lowest BCUT2D eigenvalue weighted by atomic mass is 9.79. The molecule has 0 bridgehead atoms. The van der Waals surface area contributed by atoms with Crippen LogP contribution in [-0.4, -0.2) is 46.5 Å². The molecule has 0 atom stereocenters. The molecule has 2 fully saturated rings. The molecule has 0 unspecified atom stereocenters. The number of nitrogens with one attached hydrogen (secondary N) is 1. The van der Waals surface area contributed by atoms with Crippen LogP contribution in [-0.2, 0) is 0 Å². The first-order valence-electron chi connectivity index (χ1n) is 12.4. The number of hydrogen-bond donors (Lipinski definition) is 1. The zero-order chi connectivity index (χ0) is 24.3. The molecule has 1 aromatic carbocycles. The number of benzene rings is 1. The van der Waals surface area contributed by atoms with Gasteiger partial charge in [-0.3, -0.25) is 4.98 Å². The van der Waals surface area contributed by atoms with Crippen molar-refractivity contribution in [3.05, 3.63) is 41.6 Å². The number of piperidine rings is 1. The Morgan fingerprint density at radius 3 is 2.29 bits per heavy atom. The number of pyridine rings is 1. The Morgan fingerprint density at radius 1 is 1.00 bits per heavy atom. The number of aryl methyl sites for hydroxylation is 1. The molecule has 0 radical (unpaired) electrons. The van der Waals surface area contributed by atoms with E-state index < -0.39 is 0 Å². The van der Waals surface area contributed by atoms with Crippen LogP contribution in [0.4, 0.5) is 5.82 Å². The van der Waals surface area contributed by atoms with E-state index >= 15 is 0 Å². The molecule has 2 aromatic heterocycles. The van der Waals surface area contributed by atoms with Crippen LogP contribution in [0, 0.1) is 6.92 Å². The second-order valence-corrected chi connectivity index (χ2v) is 11.5. The lowest BCUT2D eigenvalue weighted by Gasteiger charge is -2.49. The number of fused-ring (bicyclic) bond motifs is 1. The van der Waals surface area contributed by atoms with Crippen molar-refractivity contribution in [3.63, 3.8) is 0 Å². The van der Waals surface area contributed by atoms with Crippen molar-refractivity contribution < 1.29 is 4.74 Å². The van der Waals surface area contributed by atoms with Gasteiger partial charge in [-0.1, -0.05) is 0 Å². The lowest BCUT2D eigenvalue weighted by molar-refractivity contribution is 0.160. The number of nitrogens with zero attached hydrogens (tertiary/aromatic N) is 4.